The maximum absolute atomic E-state index is 4.70. The molecule has 0 saturated carbocycles. The summed E-state index contributed by atoms with van der Waals surface area (Å²) in [5.74, 6) is 0. The molecular formula is C15H29N3S. The average molecular weight is 283 g/mol. The molecular weight excluding hydrogens is 254 g/mol. The standard InChI is InChI=1S/C15H29N3S/c1-7-8-16-9-14-17-13(11-19-14)10-18(6)12(2)15(3,4)5/h11-12,16H,7-10H2,1-6H3. The Morgan fingerprint density at radius 3 is 2.68 bits per heavy atom. The van der Waals surface area contributed by atoms with Crippen LogP contribution in [0.5, 0.6) is 0 Å². The number of rotatable bonds is 7. The molecule has 0 aliphatic heterocycles. The van der Waals surface area contributed by atoms with Gasteiger partial charge in [-0.05, 0) is 32.4 Å². The van der Waals surface area contributed by atoms with Gasteiger partial charge in [-0.2, -0.15) is 0 Å². The quantitative estimate of drug-likeness (QED) is 0.776. The van der Waals surface area contributed by atoms with Gasteiger partial charge in [-0.25, -0.2) is 4.98 Å². The second-order valence-electron chi connectivity index (χ2n) is 6.37. The van der Waals surface area contributed by atoms with E-state index in [2.05, 4.69) is 57.3 Å². The molecule has 0 saturated heterocycles. The number of thiazole rings is 1. The van der Waals surface area contributed by atoms with Crippen LogP contribution < -0.4 is 5.32 Å². The molecule has 4 heteroatoms. The Kier molecular flexibility index (Phi) is 6.43. The van der Waals surface area contributed by atoms with E-state index in [4.69, 9.17) is 4.98 Å². The molecule has 0 fully saturated rings. The van der Waals surface area contributed by atoms with Crippen LogP contribution in [0.15, 0.2) is 5.38 Å². The van der Waals surface area contributed by atoms with Crippen molar-refractivity contribution in [2.75, 3.05) is 13.6 Å². The molecule has 3 nitrogen and oxygen atoms in total. The Hall–Kier alpha value is -0.450. The molecule has 0 bridgehead atoms. The van der Waals surface area contributed by atoms with E-state index in [9.17, 15) is 0 Å². The molecule has 0 aliphatic carbocycles. The fourth-order valence-corrected chi connectivity index (χ4v) is 2.68. The van der Waals surface area contributed by atoms with Crippen molar-refractivity contribution in [3.05, 3.63) is 16.1 Å². The molecule has 1 heterocycles. The summed E-state index contributed by atoms with van der Waals surface area (Å²) < 4.78 is 0. The van der Waals surface area contributed by atoms with Crippen LogP contribution >= 0.6 is 11.3 Å². The molecule has 19 heavy (non-hydrogen) atoms. The summed E-state index contributed by atoms with van der Waals surface area (Å²) in [6, 6.07) is 0.538. The lowest BCUT2D eigenvalue weighted by molar-refractivity contribution is 0.133. The summed E-state index contributed by atoms with van der Waals surface area (Å²) in [5.41, 5.74) is 1.49. The Balaban J connectivity index is 2.49. The fraction of sp³-hybridized carbons (Fsp3) is 0.800. The third-order valence-corrected chi connectivity index (χ3v) is 4.53. The number of aromatic nitrogens is 1. The summed E-state index contributed by atoms with van der Waals surface area (Å²) in [5, 5.41) is 6.78. The predicted octanol–water partition coefficient (Wildman–Crippen LogP) is 3.51. The molecule has 0 amide bonds. The van der Waals surface area contributed by atoms with Gasteiger partial charge in [-0.1, -0.05) is 27.7 Å². The highest BCUT2D eigenvalue weighted by molar-refractivity contribution is 7.09. The Morgan fingerprint density at radius 2 is 2.11 bits per heavy atom. The van der Waals surface area contributed by atoms with E-state index in [0.717, 1.165) is 19.6 Å². The monoisotopic (exact) mass is 283 g/mol. The Bertz CT molecular complexity index is 368. The number of hydrogen-bond acceptors (Lipinski definition) is 4. The zero-order valence-electron chi connectivity index (χ0n) is 13.3. The van der Waals surface area contributed by atoms with Crippen LogP contribution in [-0.2, 0) is 13.1 Å². The first kappa shape index (κ1) is 16.6. The Labute approximate surface area is 122 Å². The second kappa shape index (κ2) is 7.36. The molecule has 0 spiro atoms. The highest BCUT2D eigenvalue weighted by Gasteiger charge is 2.24. The van der Waals surface area contributed by atoms with Crippen LogP contribution in [0.25, 0.3) is 0 Å². The van der Waals surface area contributed by atoms with E-state index >= 15 is 0 Å². The highest BCUT2D eigenvalue weighted by Crippen LogP contribution is 2.24. The molecule has 0 aromatic carbocycles. The molecule has 1 rings (SSSR count). The summed E-state index contributed by atoms with van der Waals surface area (Å²) >= 11 is 1.76. The molecule has 1 N–H and O–H groups in total. The molecule has 1 unspecified atom stereocenters. The van der Waals surface area contributed by atoms with Gasteiger partial charge in [0, 0.05) is 24.5 Å². The van der Waals surface area contributed by atoms with Crippen molar-refractivity contribution in [3.8, 4) is 0 Å². The molecule has 1 aromatic rings. The van der Waals surface area contributed by atoms with E-state index in [-0.39, 0.29) is 0 Å². The normalized spacial score (nSPS) is 14.1. The summed E-state index contributed by atoms with van der Waals surface area (Å²) in [6.45, 7) is 14.2. The maximum atomic E-state index is 4.70. The summed E-state index contributed by atoms with van der Waals surface area (Å²) in [7, 11) is 2.18. The largest absolute Gasteiger partial charge is 0.310 e. The first-order chi connectivity index (χ1) is 8.84. The van der Waals surface area contributed by atoms with Crippen molar-refractivity contribution in [2.45, 2.75) is 60.2 Å². The SMILES string of the molecule is CCCNCc1nc(CN(C)C(C)C(C)(C)C)cs1. The predicted molar refractivity (Wildman–Crippen MR) is 84.5 cm³/mol. The van der Waals surface area contributed by atoms with Crippen LogP contribution in [0.2, 0.25) is 0 Å². The highest BCUT2D eigenvalue weighted by atomic mass is 32.1. The van der Waals surface area contributed by atoms with E-state index in [1.807, 2.05) is 0 Å². The van der Waals surface area contributed by atoms with Crippen molar-refractivity contribution in [3.63, 3.8) is 0 Å². The maximum Gasteiger partial charge on any atom is 0.107 e. The lowest BCUT2D eigenvalue weighted by Gasteiger charge is -2.35. The van der Waals surface area contributed by atoms with Gasteiger partial charge in [0.15, 0.2) is 0 Å². The first-order valence-electron chi connectivity index (χ1n) is 7.18. The minimum absolute atomic E-state index is 0.302. The number of nitrogens with zero attached hydrogens (tertiary/aromatic N) is 2. The van der Waals surface area contributed by atoms with Crippen molar-refractivity contribution >= 4 is 11.3 Å². The van der Waals surface area contributed by atoms with Gasteiger partial charge >= 0.3 is 0 Å². The van der Waals surface area contributed by atoms with Crippen molar-refractivity contribution < 1.29 is 0 Å². The summed E-state index contributed by atoms with van der Waals surface area (Å²) in [6.07, 6.45) is 1.17. The van der Waals surface area contributed by atoms with Crippen molar-refractivity contribution in [2.24, 2.45) is 5.41 Å². The lowest BCUT2D eigenvalue weighted by Crippen LogP contribution is -2.38. The van der Waals surface area contributed by atoms with Crippen LogP contribution in [0.4, 0.5) is 0 Å². The topological polar surface area (TPSA) is 28.2 Å². The zero-order chi connectivity index (χ0) is 14.5. The smallest absolute Gasteiger partial charge is 0.107 e. The summed E-state index contributed by atoms with van der Waals surface area (Å²) in [4.78, 5) is 7.09. The minimum Gasteiger partial charge on any atom is -0.310 e. The second-order valence-corrected chi connectivity index (χ2v) is 7.31. The number of hydrogen-bond donors (Lipinski definition) is 1. The van der Waals surface area contributed by atoms with Gasteiger partial charge in [0.2, 0.25) is 0 Å². The van der Waals surface area contributed by atoms with Crippen LogP contribution in [0.3, 0.4) is 0 Å². The molecule has 0 radical (unpaired) electrons. The third-order valence-electron chi connectivity index (χ3n) is 3.63. The van der Waals surface area contributed by atoms with Crippen LogP contribution in [0, 0.1) is 5.41 Å². The molecule has 0 aliphatic rings. The van der Waals surface area contributed by atoms with Gasteiger partial charge in [0.25, 0.3) is 0 Å². The Morgan fingerprint density at radius 1 is 1.42 bits per heavy atom. The van der Waals surface area contributed by atoms with Gasteiger partial charge in [0.05, 0.1) is 5.69 Å². The minimum atomic E-state index is 0.302. The van der Waals surface area contributed by atoms with Gasteiger partial charge in [-0.15, -0.1) is 11.3 Å². The third kappa shape index (κ3) is 5.59. The van der Waals surface area contributed by atoms with Crippen LogP contribution in [-0.4, -0.2) is 29.5 Å². The van der Waals surface area contributed by atoms with Crippen molar-refractivity contribution in [1.29, 1.82) is 0 Å². The van der Waals surface area contributed by atoms with Gasteiger partial charge in [0.1, 0.15) is 5.01 Å². The van der Waals surface area contributed by atoms with E-state index in [1.54, 1.807) is 11.3 Å². The molecule has 1 aromatic heterocycles. The van der Waals surface area contributed by atoms with E-state index < -0.39 is 0 Å². The molecule has 110 valence electrons. The van der Waals surface area contributed by atoms with Crippen LogP contribution in [0.1, 0.15) is 51.7 Å². The van der Waals surface area contributed by atoms with Gasteiger partial charge < -0.3 is 5.32 Å². The first-order valence-corrected chi connectivity index (χ1v) is 8.06. The number of nitrogens with one attached hydrogen (secondary N) is 1. The lowest BCUT2D eigenvalue weighted by atomic mass is 9.87. The van der Waals surface area contributed by atoms with Gasteiger partial charge in [-0.3, -0.25) is 4.90 Å². The zero-order valence-corrected chi connectivity index (χ0v) is 14.1. The molecule has 1 atom stereocenters. The fourth-order valence-electron chi connectivity index (χ4n) is 1.93. The van der Waals surface area contributed by atoms with E-state index in [0.29, 0.717) is 11.5 Å². The van der Waals surface area contributed by atoms with Crippen molar-refractivity contribution in [1.82, 2.24) is 15.2 Å². The average Bonchev–Trinajstić information content (AvgIpc) is 2.75. The van der Waals surface area contributed by atoms with E-state index in [1.165, 1.54) is 17.1 Å².